The molecule has 1 heterocycles. The minimum atomic E-state index is -0.185. The highest BCUT2D eigenvalue weighted by Crippen LogP contribution is 1.89. The SMILES string of the molecule is C#CCCC(=O)Nn1cn[nH]c1=S. The molecule has 0 atom stereocenters. The predicted molar refractivity (Wildman–Crippen MR) is 49.8 cm³/mol. The lowest BCUT2D eigenvalue weighted by Crippen LogP contribution is -2.21. The standard InChI is InChI=1S/C7H8N4OS/c1-2-3-4-6(12)10-11-5-8-9-7(11)13/h1,5H,3-4H2,(H,9,13)(H,10,12). The lowest BCUT2D eigenvalue weighted by molar-refractivity contribution is -0.117. The van der Waals surface area contributed by atoms with Gasteiger partial charge in [0.25, 0.3) is 0 Å². The van der Waals surface area contributed by atoms with Crippen molar-refractivity contribution in [1.29, 1.82) is 0 Å². The van der Waals surface area contributed by atoms with Gasteiger partial charge in [0.05, 0.1) is 0 Å². The van der Waals surface area contributed by atoms with Crippen LogP contribution in [-0.2, 0) is 4.79 Å². The number of amides is 1. The van der Waals surface area contributed by atoms with E-state index < -0.39 is 0 Å². The van der Waals surface area contributed by atoms with Gasteiger partial charge in [0.15, 0.2) is 0 Å². The van der Waals surface area contributed by atoms with Crippen LogP contribution in [0.5, 0.6) is 0 Å². The molecule has 68 valence electrons. The van der Waals surface area contributed by atoms with Crippen molar-refractivity contribution in [3.05, 3.63) is 11.1 Å². The molecular weight excluding hydrogens is 188 g/mol. The summed E-state index contributed by atoms with van der Waals surface area (Å²) >= 11 is 4.81. The molecule has 5 nitrogen and oxygen atoms in total. The number of rotatable bonds is 3. The van der Waals surface area contributed by atoms with Crippen molar-refractivity contribution in [3.63, 3.8) is 0 Å². The number of carbonyl (C=O) groups is 1. The van der Waals surface area contributed by atoms with Gasteiger partial charge in [-0.1, -0.05) is 0 Å². The number of nitrogens with zero attached hydrogens (tertiary/aromatic N) is 2. The molecule has 0 aromatic carbocycles. The van der Waals surface area contributed by atoms with E-state index in [4.69, 9.17) is 18.6 Å². The van der Waals surface area contributed by atoms with Crippen LogP contribution in [0.4, 0.5) is 0 Å². The molecule has 1 rings (SSSR count). The summed E-state index contributed by atoms with van der Waals surface area (Å²) in [4.78, 5) is 11.1. The Morgan fingerprint density at radius 2 is 2.69 bits per heavy atom. The van der Waals surface area contributed by atoms with E-state index >= 15 is 0 Å². The summed E-state index contributed by atoms with van der Waals surface area (Å²) in [5.74, 6) is 2.19. The minimum Gasteiger partial charge on any atom is -0.273 e. The summed E-state index contributed by atoms with van der Waals surface area (Å²) in [6, 6.07) is 0. The van der Waals surface area contributed by atoms with Crippen molar-refractivity contribution in [3.8, 4) is 12.3 Å². The van der Waals surface area contributed by atoms with Crippen LogP contribution in [0.15, 0.2) is 6.33 Å². The highest BCUT2D eigenvalue weighted by Gasteiger charge is 2.00. The molecule has 0 unspecified atom stereocenters. The Kier molecular flexibility index (Phi) is 3.23. The highest BCUT2D eigenvalue weighted by molar-refractivity contribution is 7.71. The second kappa shape index (κ2) is 4.42. The van der Waals surface area contributed by atoms with Crippen LogP contribution in [0.1, 0.15) is 12.8 Å². The molecular formula is C7H8N4OS. The van der Waals surface area contributed by atoms with E-state index in [-0.39, 0.29) is 12.3 Å². The van der Waals surface area contributed by atoms with Crippen LogP contribution in [0, 0.1) is 17.1 Å². The number of aromatic amines is 1. The van der Waals surface area contributed by atoms with Crippen molar-refractivity contribution in [2.24, 2.45) is 0 Å². The third kappa shape index (κ3) is 2.72. The van der Waals surface area contributed by atoms with E-state index in [1.807, 2.05) is 0 Å². The summed E-state index contributed by atoms with van der Waals surface area (Å²) in [5.41, 5.74) is 2.51. The average molecular weight is 196 g/mol. The van der Waals surface area contributed by atoms with Gasteiger partial charge in [0.1, 0.15) is 6.33 Å². The molecule has 0 aliphatic rings. The largest absolute Gasteiger partial charge is 0.273 e. The number of nitrogens with one attached hydrogen (secondary N) is 2. The van der Waals surface area contributed by atoms with Crippen LogP contribution >= 0.6 is 12.2 Å². The Morgan fingerprint density at radius 3 is 3.23 bits per heavy atom. The second-order valence-corrected chi connectivity index (χ2v) is 2.66. The van der Waals surface area contributed by atoms with Crippen molar-refractivity contribution >= 4 is 18.1 Å². The molecule has 0 spiro atoms. The Labute approximate surface area is 80.1 Å². The molecule has 1 amide bonds. The first-order valence-electron chi connectivity index (χ1n) is 3.59. The summed E-state index contributed by atoms with van der Waals surface area (Å²) in [5, 5.41) is 6.14. The fourth-order valence-corrected chi connectivity index (χ4v) is 0.849. The lowest BCUT2D eigenvalue weighted by atomic mass is 10.3. The fourth-order valence-electron chi connectivity index (χ4n) is 0.704. The van der Waals surface area contributed by atoms with E-state index in [0.29, 0.717) is 11.2 Å². The van der Waals surface area contributed by atoms with Gasteiger partial charge in [0.2, 0.25) is 10.7 Å². The summed E-state index contributed by atoms with van der Waals surface area (Å²) in [6.45, 7) is 0. The summed E-state index contributed by atoms with van der Waals surface area (Å²) in [7, 11) is 0. The lowest BCUT2D eigenvalue weighted by Gasteiger charge is -2.01. The quantitative estimate of drug-likeness (QED) is 0.544. The molecule has 0 aliphatic carbocycles. The molecule has 1 aromatic rings. The topological polar surface area (TPSA) is 62.7 Å². The molecule has 6 heteroatoms. The van der Waals surface area contributed by atoms with Gasteiger partial charge in [-0.2, -0.15) is 5.10 Å². The molecule has 13 heavy (non-hydrogen) atoms. The first-order valence-corrected chi connectivity index (χ1v) is 4.00. The molecule has 0 radical (unpaired) electrons. The number of hydrogen-bond donors (Lipinski definition) is 2. The Bertz CT molecular complexity index is 386. The zero-order valence-corrected chi connectivity index (χ0v) is 7.60. The maximum atomic E-state index is 11.1. The molecule has 0 bridgehead atoms. The fraction of sp³-hybridized carbons (Fsp3) is 0.286. The smallest absolute Gasteiger partial charge is 0.239 e. The summed E-state index contributed by atoms with van der Waals surface area (Å²) < 4.78 is 1.67. The highest BCUT2D eigenvalue weighted by atomic mass is 32.1. The molecule has 0 saturated heterocycles. The normalized spacial score (nSPS) is 9.15. The van der Waals surface area contributed by atoms with Crippen LogP contribution in [0.3, 0.4) is 0 Å². The maximum absolute atomic E-state index is 11.1. The Morgan fingerprint density at radius 1 is 1.92 bits per heavy atom. The zero-order chi connectivity index (χ0) is 9.68. The Hall–Kier alpha value is -1.61. The Balaban J connectivity index is 2.51. The monoisotopic (exact) mass is 196 g/mol. The third-order valence-corrected chi connectivity index (χ3v) is 1.58. The second-order valence-electron chi connectivity index (χ2n) is 2.27. The van der Waals surface area contributed by atoms with E-state index in [0.717, 1.165) is 0 Å². The average Bonchev–Trinajstić information content (AvgIpc) is 2.48. The number of terminal acetylenes is 1. The number of carbonyl (C=O) groups excluding carboxylic acids is 1. The number of aromatic nitrogens is 3. The third-order valence-electron chi connectivity index (χ3n) is 1.29. The van der Waals surface area contributed by atoms with Crippen LogP contribution in [-0.4, -0.2) is 20.8 Å². The first-order chi connectivity index (χ1) is 6.24. The molecule has 1 aromatic heterocycles. The molecule has 0 saturated carbocycles. The van der Waals surface area contributed by atoms with Crippen molar-refractivity contribution in [1.82, 2.24) is 14.9 Å². The van der Waals surface area contributed by atoms with Crippen LogP contribution in [0.25, 0.3) is 0 Å². The van der Waals surface area contributed by atoms with Crippen molar-refractivity contribution in [2.75, 3.05) is 5.43 Å². The van der Waals surface area contributed by atoms with E-state index in [9.17, 15) is 4.79 Å². The molecule has 0 fully saturated rings. The van der Waals surface area contributed by atoms with Gasteiger partial charge in [-0.05, 0) is 12.2 Å². The zero-order valence-electron chi connectivity index (χ0n) is 6.78. The van der Waals surface area contributed by atoms with Crippen LogP contribution < -0.4 is 5.43 Å². The number of hydrogen-bond acceptors (Lipinski definition) is 3. The van der Waals surface area contributed by atoms with Crippen LogP contribution in [0.2, 0.25) is 0 Å². The van der Waals surface area contributed by atoms with Gasteiger partial charge < -0.3 is 0 Å². The van der Waals surface area contributed by atoms with Gasteiger partial charge in [0, 0.05) is 12.8 Å². The van der Waals surface area contributed by atoms with Gasteiger partial charge in [-0.25, -0.2) is 4.68 Å². The van der Waals surface area contributed by atoms with E-state index in [1.54, 1.807) is 0 Å². The van der Waals surface area contributed by atoms with Crippen molar-refractivity contribution in [2.45, 2.75) is 12.8 Å². The predicted octanol–water partition coefficient (Wildman–Crippen LogP) is 0.424. The minimum absolute atomic E-state index is 0.185. The first kappa shape index (κ1) is 9.48. The number of H-pyrrole nitrogens is 1. The maximum Gasteiger partial charge on any atom is 0.239 e. The van der Waals surface area contributed by atoms with E-state index in [2.05, 4.69) is 21.5 Å². The van der Waals surface area contributed by atoms with Gasteiger partial charge >= 0.3 is 0 Å². The van der Waals surface area contributed by atoms with Gasteiger partial charge in [-0.3, -0.25) is 15.3 Å². The summed E-state index contributed by atoms with van der Waals surface area (Å²) in [6.07, 6.45) is 7.08. The van der Waals surface area contributed by atoms with Gasteiger partial charge in [-0.15, -0.1) is 12.3 Å². The molecule has 2 N–H and O–H groups in total. The van der Waals surface area contributed by atoms with E-state index in [1.165, 1.54) is 11.0 Å². The molecule has 0 aliphatic heterocycles. The van der Waals surface area contributed by atoms with Crippen molar-refractivity contribution < 1.29 is 4.79 Å².